The Balaban J connectivity index is 1.57. The van der Waals surface area contributed by atoms with E-state index in [0.29, 0.717) is 17.3 Å². The van der Waals surface area contributed by atoms with Crippen LogP contribution < -0.4 is 5.73 Å². The van der Waals surface area contributed by atoms with Crippen LogP contribution in [0.25, 0.3) is 11.0 Å². The Bertz CT molecular complexity index is 997. The fourth-order valence-corrected chi connectivity index (χ4v) is 2.89. The van der Waals surface area contributed by atoms with Crippen molar-refractivity contribution in [2.75, 3.05) is 0 Å². The van der Waals surface area contributed by atoms with Crippen molar-refractivity contribution in [3.05, 3.63) is 82.9 Å². The van der Waals surface area contributed by atoms with Crippen LogP contribution in [-0.4, -0.2) is 24.9 Å². The van der Waals surface area contributed by atoms with Crippen molar-refractivity contribution in [3.8, 4) is 0 Å². The lowest BCUT2D eigenvalue weighted by atomic mass is 10.1. The zero-order valence-electron chi connectivity index (χ0n) is 13.2. The zero-order chi connectivity index (χ0) is 17.2. The maximum absolute atomic E-state index is 6.21. The molecule has 1 unspecified atom stereocenters. The van der Waals surface area contributed by atoms with Crippen molar-refractivity contribution in [2.45, 2.75) is 12.5 Å². The Morgan fingerprint density at radius 2 is 1.84 bits per heavy atom. The molecule has 4 aromatic rings. The number of nitrogens with one attached hydrogen (secondary N) is 1. The highest BCUT2D eigenvalue weighted by molar-refractivity contribution is 6.31. The van der Waals surface area contributed by atoms with E-state index < -0.39 is 0 Å². The first-order valence-electron chi connectivity index (χ1n) is 7.78. The maximum Gasteiger partial charge on any atom is 0.149 e. The lowest BCUT2D eigenvalue weighted by molar-refractivity contribution is 0.774. The van der Waals surface area contributed by atoms with Crippen LogP contribution in [0.5, 0.6) is 0 Å². The molecule has 0 saturated carbocycles. The number of halogens is 1. The lowest BCUT2D eigenvalue weighted by Crippen LogP contribution is -2.15. The lowest BCUT2D eigenvalue weighted by Gasteiger charge is -2.10. The molecule has 0 aliphatic rings. The summed E-state index contributed by atoms with van der Waals surface area (Å²) in [6.45, 7) is 0. The predicted molar refractivity (Wildman–Crippen MR) is 96.2 cm³/mol. The van der Waals surface area contributed by atoms with Crippen LogP contribution in [0.3, 0.4) is 0 Å². The molecule has 0 aliphatic heterocycles. The molecular weight excluding hydrogens is 336 g/mol. The molecule has 0 aromatic carbocycles. The van der Waals surface area contributed by atoms with Gasteiger partial charge in [-0.25, -0.2) is 15.0 Å². The summed E-state index contributed by atoms with van der Waals surface area (Å²) in [5.41, 5.74) is 10.0. The second-order valence-electron chi connectivity index (χ2n) is 5.75. The fourth-order valence-electron chi connectivity index (χ4n) is 2.73. The molecule has 0 radical (unpaired) electrons. The summed E-state index contributed by atoms with van der Waals surface area (Å²) >= 11 is 6.04. The second-order valence-corrected chi connectivity index (χ2v) is 6.18. The molecule has 25 heavy (non-hydrogen) atoms. The Hall–Kier alpha value is -2.83. The number of nitrogens with zero attached hydrogens (tertiary/aromatic N) is 4. The van der Waals surface area contributed by atoms with E-state index in [1.54, 1.807) is 31.0 Å². The van der Waals surface area contributed by atoms with Crippen molar-refractivity contribution in [1.29, 1.82) is 0 Å². The number of hydrogen-bond donors (Lipinski definition) is 2. The molecule has 4 aromatic heterocycles. The molecular formula is C18H15ClN6. The fraction of sp³-hybridized carbons (Fsp3) is 0.111. The third kappa shape index (κ3) is 3.22. The van der Waals surface area contributed by atoms with Gasteiger partial charge in [0.05, 0.1) is 11.1 Å². The Labute approximate surface area is 149 Å². The van der Waals surface area contributed by atoms with Gasteiger partial charge >= 0.3 is 0 Å². The van der Waals surface area contributed by atoms with Gasteiger partial charge in [-0.05, 0) is 34.9 Å². The smallest absolute Gasteiger partial charge is 0.149 e. The van der Waals surface area contributed by atoms with Gasteiger partial charge in [-0.2, -0.15) is 0 Å². The van der Waals surface area contributed by atoms with Crippen LogP contribution in [0.2, 0.25) is 5.02 Å². The molecule has 0 saturated heterocycles. The number of aromatic nitrogens is 5. The van der Waals surface area contributed by atoms with Crippen molar-refractivity contribution in [3.63, 3.8) is 0 Å². The van der Waals surface area contributed by atoms with Gasteiger partial charge in [0.1, 0.15) is 11.5 Å². The van der Waals surface area contributed by atoms with Crippen LogP contribution in [0.4, 0.5) is 0 Å². The number of pyridine rings is 2. The first-order chi connectivity index (χ1) is 12.2. The molecule has 0 aliphatic carbocycles. The first kappa shape index (κ1) is 15.7. The van der Waals surface area contributed by atoms with E-state index in [1.807, 2.05) is 24.4 Å². The van der Waals surface area contributed by atoms with E-state index in [2.05, 4.69) is 24.9 Å². The van der Waals surface area contributed by atoms with E-state index in [9.17, 15) is 0 Å². The average molecular weight is 351 g/mol. The number of H-pyrrole nitrogens is 1. The average Bonchev–Trinajstić information content (AvgIpc) is 3.04. The second kappa shape index (κ2) is 6.58. The van der Waals surface area contributed by atoms with Gasteiger partial charge in [-0.15, -0.1) is 0 Å². The highest BCUT2D eigenvalue weighted by atomic mass is 35.5. The summed E-state index contributed by atoms with van der Waals surface area (Å²) in [5, 5.41) is 1.62. The number of rotatable bonds is 4. The van der Waals surface area contributed by atoms with Crippen molar-refractivity contribution in [1.82, 2.24) is 24.9 Å². The summed E-state index contributed by atoms with van der Waals surface area (Å²) in [6.07, 6.45) is 11.3. The van der Waals surface area contributed by atoms with E-state index >= 15 is 0 Å². The third-order valence-corrected chi connectivity index (χ3v) is 4.25. The molecule has 6 nitrogen and oxygen atoms in total. The Kier molecular flexibility index (Phi) is 4.13. The largest absolute Gasteiger partial charge is 0.346 e. The number of fused-ring (bicyclic) bond motifs is 1. The van der Waals surface area contributed by atoms with Gasteiger partial charge in [-0.1, -0.05) is 11.6 Å². The van der Waals surface area contributed by atoms with Gasteiger partial charge in [0.2, 0.25) is 0 Å². The van der Waals surface area contributed by atoms with E-state index in [1.165, 1.54) is 0 Å². The number of aromatic amines is 1. The normalized spacial score (nSPS) is 12.4. The van der Waals surface area contributed by atoms with Crippen molar-refractivity contribution < 1.29 is 0 Å². The van der Waals surface area contributed by atoms with Gasteiger partial charge in [0.15, 0.2) is 0 Å². The highest BCUT2D eigenvalue weighted by Crippen LogP contribution is 2.22. The molecule has 0 fully saturated rings. The molecule has 4 heterocycles. The van der Waals surface area contributed by atoms with Crippen LogP contribution in [0.1, 0.15) is 28.6 Å². The molecule has 0 bridgehead atoms. The van der Waals surface area contributed by atoms with Crippen molar-refractivity contribution in [2.24, 2.45) is 5.73 Å². The van der Waals surface area contributed by atoms with Gasteiger partial charge in [0, 0.05) is 49.0 Å². The molecule has 0 amide bonds. The van der Waals surface area contributed by atoms with E-state index in [0.717, 1.165) is 27.7 Å². The molecule has 1 atom stereocenters. The predicted octanol–water partition coefficient (Wildman–Crippen LogP) is 3.04. The quantitative estimate of drug-likeness (QED) is 0.590. The number of nitrogens with two attached hydrogens (primary N) is 1. The molecule has 124 valence electrons. The summed E-state index contributed by atoms with van der Waals surface area (Å²) in [5.74, 6) is 0.582. The van der Waals surface area contributed by atoms with Gasteiger partial charge in [-0.3, -0.25) is 4.98 Å². The number of hydrogen-bond acceptors (Lipinski definition) is 5. The Morgan fingerprint density at radius 1 is 1.08 bits per heavy atom. The monoisotopic (exact) mass is 350 g/mol. The maximum atomic E-state index is 6.21. The van der Waals surface area contributed by atoms with Crippen molar-refractivity contribution >= 4 is 22.6 Å². The minimum atomic E-state index is -0.367. The van der Waals surface area contributed by atoms with E-state index in [-0.39, 0.29) is 6.04 Å². The Morgan fingerprint density at radius 3 is 2.60 bits per heavy atom. The molecule has 7 heteroatoms. The van der Waals surface area contributed by atoms with Crippen LogP contribution >= 0.6 is 11.6 Å². The third-order valence-electron chi connectivity index (χ3n) is 4.05. The van der Waals surface area contributed by atoms with Crippen LogP contribution in [0.15, 0.2) is 55.4 Å². The molecule has 4 rings (SSSR count). The van der Waals surface area contributed by atoms with E-state index in [4.69, 9.17) is 17.3 Å². The summed E-state index contributed by atoms with van der Waals surface area (Å²) in [7, 11) is 0. The van der Waals surface area contributed by atoms with Gasteiger partial charge < -0.3 is 10.7 Å². The minimum Gasteiger partial charge on any atom is -0.346 e. The topological polar surface area (TPSA) is 93.4 Å². The SMILES string of the molecule is NC(c1ccncc1)c1ncc(Cc2c[nH]c3ncc(Cl)cc23)cn1. The van der Waals surface area contributed by atoms with Crippen LogP contribution in [-0.2, 0) is 6.42 Å². The van der Waals surface area contributed by atoms with Gasteiger partial charge in [0.25, 0.3) is 0 Å². The molecule has 3 N–H and O–H groups in total. The summed E-state index contributed by atoms with van der Waals surface area (Å²) in [4.78, 5) is 20.3. The van der Waals surface area contributed by atoms with Crippen LogP contribution in [0, 0.1) is 0 Å². The zero-order valence-corrected chi connectivity index (χ0v) is 14.0. The summed E-state index contributed by atoms with van der Waals surface area (Å²) in [6, 6.07) is 5.27. The minimum absolute atomic E-state index is 0.367. The summed E-state index contributed by atoms with van der Waals surface area (Å²) < 4.78 is 0. The standard InChI is InChI=1S/C18H15ClN6/c19-14-6-15-13(9-24-17(15)25-10-14)5-11-7-22-18(23-8-11)16(20)12-1-3-21-4-2-12/h1-4,6-10,16H,5,20H2,(H,24,25). The highest BCUT2D eigenvalue weighted by Gasteiger charge is 2.12. The molecule has 0 spiro atoms. The first-order valence-corrected chi connectivity index (χ1v) is 8.16.